The van der Waals surface area contributed by atoms with Gasteiger partial charge in [-0.15, -0.1) is 0 Å². The molecule has 0 aliphatic heterocycles. The molecular formula is C32H40O4. The Labute approximate surface area is 215 Å². The molecule has 4 nitrogen and oxygen atoms in total. The van der Waals surface area contributed by atoms with E-state index in [1.165, 1.54) is 24.0 Å². The molecule has 4 unspecified atom stereocenters. The smallest absolute Gasteiger partial charge is 0.309 e. The molecule has 0 bridgehead atoms. The Morgan fingerprint density at radius 1 is 0.639 bits per heavy atom. The lowest BCUT2D eigenvalue weighted by molar-refractivity contribution is -0.178. The predicted octanol–water partition coefficient (Wildman–Crippen LogP) is 7.23. The van der Waals surface area contributed by atoms with Crippen molar-refractivity contribution in [3.63, 3.8) is 0 Å². The highest BCUT2D eigenvalue weighted by Crippen LogP contribution is 2.46. The summed E-state index contributed by atoms with van der Waals surface area (Å²) in [6.07, 6.45) is 9.19. The van der Waals surface area contributed by atoms with Crippen molar-refractivity contribution in [3.05, 3.63) is 70.8 Å². The van der Waals surface area contributed by atoms with Gasteiger partial charge >= 0.3 is 11.9 Å². The second-order valence-electron chi connectivity index (χ2n) is 11.2. The molecule has 0 saturated heterocycles. The second kappa shape index (κ2) is 11.2. The molecule has 0 amide bonds. The van der Waals surface area contributed by atoms with Crippen molar-refractivity contribution in [3.8, 4) is 0 Å². The van der Waals surface area contributed by atoms with Crippen molar-refractivity contribution >= 4 is 11.9 Å². The zero-order chi connectivity index (χ0) is 25.1. The van der Waals surface area contributed by atoms with Crippen LogP contribution in [-0.4, -0.2) is 24.1 Å². The van der Waals surface area contributed by atoms with Gasteiger partial charge in [0.25, 0.3) is 0 Å². The van der Waals surface area contributed by atoms with E-state index in [2.05, 4.69) is 50.2 Å². The van der Waals surface area contributed by atoms with Crippen molar-refractivity contribution in [1.82, 2.24) is 0 Å². The van der Waals surface area contributed by atoms with Gasteiger partial charge in [0.1, 0.15) is 6.10 Å². The predicted molar refractivity (Wildman–Crippen MR) is 141 cm³/mol. The number of hydrogen-bond acceptors (Lipinski definition) is 4. The SMILES string of the molecule is Cc1ccccc1C1c2ccccc2C(C)C(OC(=O)C2CCCCC2)C1OC(=O)C1CCCCC1. The summed E-state index contributed by atoms with van der Waals surface area (Å²) in [5, 5.41) is 0. The van der Waals surface area contributed by atoms with Gasteiger partial charge in [-0.2, -0.15) is 0 Å². The van der Waals surface area contributed by atoms with Gasteiger partial charge in [0.2, 0.25) is 0 Å². The Kier molecular flexibility index (Phi) is 7.79. The minimum Gasteiger partial charge on any atom is -0.458 e. The van der Waals surface area contributed by atoms with Crippen LogP contribution < -0.4 is 0 Å². The summed E-state index contributed by atoms with van der Waals surface area (Å²) in [6, 6.07) is 16.7. The Bertz CT molecular complexity index is 1060. The number of fused-ring (bicyclic) bond motifs is 1. The molecule has 4 heteroatoms. The maximum absolute atomic E-state index is 13.5. The molecule has 4 atom stereocenters. The molecule has 192 valence electrons. The van der Waals surface area contributed by atoms with E-state index in [1.54, 1.807) is 0 Å². The van der Waals surface area contributed by atoms with Crippen LogP contribution in [0.4, 0.5) is 0 Å². The molecule has 0 radical (unpaired) electrons. The summed E-state index contributed by atoms with van der Waals surface area (Å²) in [4.78, 5) is 26.9. The van der Waals surface area contributed by atoms with Crippen LogP contribution in [0.3, 0.4) is 0 Å². The monoisotopic (exact) mass is 488 g/mol. The first-order valence-electron chi connectivity index (χ1n) is 14.1. The highest BCUT2D eigenvalue weighted by molar-refractivity contribution is 5.74. The van der Waals surface area contributed by atoms with Gasteiger partial charge in [0, 0.05) is 5.92 Å². The molecule has 3 aliphatic rings. The van der Waals surface area contributed by atoms with Gasteiger partial charge in [0.05, 0.1) is 17.8 Å². The van der Waals surface area contributed by atoms with Gasteiger partial charge in [-0.1, -0.05) is 94.0 Å². The number of carbonyl (C=O) groups excluding carboxylic acids is 2. The van der Waals surface area contributed by atoms with E-state index in [0.717, 1.165) is 62.5 Å². The fourth-order valence-corrected chi connectivity index (χ4v) is 6.76. The maximum Gasteiger partial charge on any atom is 0.309 e. The van der Waals surface area contributed by atoms with E-state index in [1.807, 2.05) is 12.1 Å². The average molecular weight is 489 g/mol. The fourth-order valence-electron chi connectivity index (χ4n) is 6.76. The van der Waals surface area contributed by atoms with E-state index in [9.17, 15) is 9.59 Å². The molecule has 0 aromatic heterocycles. The summed E-state index contributed by atoms with van der Waals surface area (Å²) in [5.41, 5.74) is 4.64. The van der Waals surface area contributed by atoms with Crippen LogP contribution in [0.5, 0.6) is 0 Å². The highest BCUT2D eigenvalue weighted by Gasteiger charge is 2.47. The maximum atomic E-state index is 13.5. The van der Waals surface area contributed by atoms with Gasteiger partial charge in [-0.3, -0.25) is 9.59 Å². The van der Waals surface area contributed by atoms with Gasteiger partial charge < -0.3 is 9.47 Å². The zero-order valence-electron chi connectivity index (χ0n) is 21.8. The van der Waals surface area contributed by atoms with Crippen molar-refractivity contribution in [1.29, 1.82) is 0 Å². The first-order valence-corrected chi connectivity index (χ1v) is 14.1. The number of ether oxygens (including phenoxy) is 2. The molecule has 36 heavy (non-hydrogen) atoms. The quantitative estimate of drug-likeness (QED) is 0.417. The van der Waals surface area contributed by atoms with Crippen LogP contribution in [0.25, 0.3) is 0 Å². The molecular weight excluding hydrogens is 448 g/mol. The van der Waals surface area contributed by atoms with Crippen LogP contribution in [0, 0.1) is 18.8 Å². The first-order chi connectivity index (χ1) is 17.5. The number of carbonyl (C=O) groups is 2. The normalized spacial score (nSPS) is 27.2. The molecule has 2 fully saturated rings. The summed E-state index contributed by atoms with van der Waals surface area (Å²) in [5.74, 6) is -0.571. The Morgan fingerprint density at radius 2 is 1.11 bits per heavy atom. The number of benzene rings is 2. The molecule has 0 N–H and O–H groups in total. The Hall–Kier alpha value is -2.62. The zero-order valence-corrected chi connectivity index (χ0v) is 21.8. The number of esters is 2. The van der Waals surface area contributed by atoms with Gasteiger partial charge in [-0.05, 0) is 54.9 Å². The van der Waals surface area contributed by atoms with E-state index in [4.69, 9.17) is 9.47 Å². The Balaban J connectivity index is 1.54. The Morgan fingerprint density at radius 3 is 1.67 bits per heavy atom. The van der Waals surface area contributed by atoms with Crippen LogP contribution in [0.1, 0.15) is 105 Å². The van der Waals surface area contributed by atoms with Crippen molar-refractivity contribution in [2.75, 3.05) is 0 Å². The van der Waals surface area contributed by atoms with E-state index >= 15 is 0 Å². The van der Waals surface area contributed by atoms with Crippen molar-refractivity contribution in [2.24, 2.45) is 11.8 Å². The molecule has 2 aromatic carbocycles. The third-order valence-corrected chi connectivity index (χ3v) is 8.87. The lowest BCUT2D eigenvalue weighted by Gasteiger charge is -2.43. The number of rotatable bonds is 5. The summed E-state index contributed by atoms with van der Waals surface area (Å²) in [6.45, 7) is 4.23. The largest absolute Gasteiger partial charge is 0.458 e. The molecule has 2 saturated carbocycles. The van der Waals surface area contributed by atoms with Crippen molar-refractivity contribution < 1.29 is 19.1 Å². The topological polar surface area (TPSA) is 52.6 Å². The third-order valence-electron chi connectivity index (χ3n) is 8.87. The summed E-state index contributed by atoms with van der Waals surface area (Å²) in [7, 11) is 0. The number of hydrogen-bond donors (Lipinski definition) is 0. The van der Waals surface area contributed by atoms with E-state index in [-0.39, 0.29) is 35.6 Å². The number of aryl methyl sites for hydroxylation is 1. The lowest BCUT2D eigenvalue weighted by atomic mass is 9.70. The van der Waals surface area contributed by atoms with Crippen LogP contribution >= 0.6 is 0 Å². The molecule has 2 aromatic rings. The third kappa shape index (κ3) is 5.10. The molecule has 3 aliphatic carbocycles. The molecule has 0 spiro atoms. The van der Waals surface area contributed by atoms with Crippen LogP contribution in [0.15, 0.2) is 48.5 Å². The highest BCUT2D eigenvalue weighted by atomic mass is 16.6. The lowest BCUT2D eigenvalue weighted by Crippen LogP contribution is -2.48. The van der Waals surface area contributed by atoms with Gasteiger partial charge in [-0.25, -0.2) is 0 Å². The first kappa shape index (κ1) is 25.0. The minimum atomic E-state index is -0.544. The van der Waals surface area contributed by atoms with Crippen molar-refractivity contribution in [2.45, 2.75) is 102 Å². The standard InChI is InChI=1S/C32H40O4/c1-21-13-9-10-18-25(21)28-27-20-12-11-19-26(27)22(2)29(35-31(33)23-14-5-3-6-15-23)30(28)36-32(34)24-16-7-4-8-17-24/h9-13,18-20,22-24,28-30H,3-8,14-17H2,1-2H3. The van der Waals surface area contributed by atoms with E-state index in [0.29, 0.717) is 0 Å². The minimum absolute atomic E-state index is 0.0465. The fraction of sp³-hybridized carbons (Fsp3) is 0.562. The summed E-state index contributed by atoms with van der Waals surface area (Å²) < 4.78 is 12.8. The van der Waals surface area contributed by atoms with E-state index < -0.39 is 12.2 Å². The summed E-state index contributed by atoms with van der Waals surface area (Å²) >= 11 is 0. The second-order valence-corrected chi connectivity index (χ2v) is 11.2. The van der Waals surface area contributed by atoms with Gasteiger partial charge in [0.15, 0.2) is 6.10 Å². The van der Waals surface area contributed by atoms with Crippen LogP contribution in [0.2, 0.25) is 0 Å². The van der Waals surface area contributed by atoms with Crippen LogP contribution in [-0.2, 0) is 19.1 Å². The molecule has 0 heterocycles. The average Bonchev–Trinajstić information content (AvgIpc) is 2.92. The molecule has 5 rings (SSSR count).